The van der Waals surface area contributed by atoms with Gasteiger partial charge in [0.05, 0.1) is 6.04 Å². The molecule has 4 atom stereocenters. The Balaban J connectivity index is 1.43. The number of fused-ring (bicyclic) bond motifs is 1. The van der Waals surface area contributed by atoms with Crippen molar-refractivity contribution in [2.45, 2.75) is 95.4 Å². The van der Waals surface area contributed by atoms with Gasteiger partial charge in [0.2, 0.25) is 17.7 Å². The molecular formula is C26H38N4O3. The second-order valence-corrected chi connectivity index (χ2v) is 9.71. The second-order valence-electron chi connectivity index (χ2n) is 9.71. The van der Waals surface area contributed by atoms with Crippen LogP contribution in [0.1, 0.15) is 70.3 Å². The van der Waals surface area contributed by atoms with Gasteiger partial charge in [-0.25, -0.2) is 0 Å². The number of hydrogen-bond donors (Lipinski definition) is 2. The maximum atomic E-state index is 13.7. The fraction of sp³-hybridized carbons (Fsp3) is 0.654. The van der Waals surface area contributed by atoms with Crippen molar-refractivity contribution in [3.8, 4) is 0 Å². The third-order valence-electron chi connectivity index (χ3n) is 7.53. The van der Waals surface area contributed by atoms with Gasteiger partial charge in [0.15, 0.2) is 0 Å². The minimum absolute atomic E-state index is 0.0425. The Morgan fingerprint density at radius 1 is 1.00 bits per heavy atom. The average Bonchev–Trinajstić information content (AvgIpc) is 3.49. The van der Waals surface area contributed by atoms with Gasteiger partial charge in [-0.2, -0.15) is 0 Å². The third kappa shape index (κ3) is 5.57. The molecule has 2 N–H and O–H groups in total. The molecule has 3 aliphatic heterocycles. The Labute approximate surface area is 197 Å². The predicted octanol–water partition coefficient (Wildman–Crippen LogP) is 2.60. The highest BCUT2D eigenvalue weighted by Crippen LogP contribution is 2.31. The Morgan fingerprint density at radius 2 is 1.73 bits per heavy atom. The Kier molecular flexibility index (Phi) is 8.02. The summed E-state index contributed by atoms with van der Waals surface area (Å²) in [5.74, 6) is -0.218. The summed E-state index contributed by atoms with van der Waals surface area (Å²) in [5, 5.41) is 6.11. The number of carbonyl (C=O) groups excluding carboxylic acids is 3. The van der Waals surface area contributed by atoms with E-state index in [0.29, 0.717) is 19.4 Å². The van der Waals surface area contributed by atoms with Crippen LogP contribution in [-0.2, 0) is 20.9 Å². The lowest BCUT2D eigenvalue weighted by molar-refractivity contribution is -0.144. The van der Waals surface area contributed by atoms with Crippen molar-refractivity contribution in [2.75, 3.05) is 13.1 Å². The molecular weight excluding hydrogens is 416 g/mol. The Morgan fingerprint density at radius 3 is 2.45 bits per heavy atom. The first-order valence-electron chi connectivity index (χ1n) is 12.8. The van der Waals surface area contributed by atoms with Crippen LogP contribution in [0.4, 0.5) is 0 Å². The fourth-order valence-electron chi connectivity index (χ4n) is 5.76. The number of likely N-dealkylation sites (tertiary alicyclic amines) is 1. The number of rotatable bonds is 7. The molecule has 3 aliphatic rings. The number of hydrogen-bond acceptors (Lipinski definition) is 4. The molecule has 3 heterocycles. The van der Waals surface area contributed by atoms with E-state index in [4.69, 9.17) is 0 Å². The van der Waals surface area contributed by atoms with Crippen LogP contribution in [0.15, 0.2) is 30.3 Å². The molecule has 0 aromatic heterocycles. The molecule has 0 bridgehead atoms. The number of benzene rings is 1. The van der Waals surface area contributed by atoms with Crippen LogP contribution in [0.2, 0.25) is 0 Å². The monoisotopic (exact) mass is 454 g/mol. The minimum Gasteiger partial charge on any atom is -0.350 e. The van der Waals surface area contributed by atoms with Crippen LogP contribution in [0.3, 0.4) is 0 Å². The lowest BCUT2D eigenvalue weighted by atomic mass is 9.98. The summed E-state index contributed by atoms with van der Waals surface area (Å²) in [6.45, 7) is 4.38. The average molecular weight is 455 g/mol. The summed E-state index contributed by atoms with van der Waals surface area (Å²) in [7, 11) is 0. The molecule has 3 fully saturated rings. The Bertz CT molecular complexity index is 824. The van der Waals surface area contributed by atoms with Crippen LogP contribution in [0.5, 0.6) is 0 Å². The number of nitrogens with one attached hydrogen (secondary N) is 2. The van der Waals surface area contributed by atoms with Gasteiger partial charge >= 0.3 is 0 Å². The van der Waals surface area contributed by atoms with Crippen molar-refractivity contribution in [3.63, 3.8) is 0 Å². The largest absolute Gasteiger partial charge is 0.350 e. The van der Waals surface area contributed by atoms with Gasteiger partial charge in [-0.1, -0.05) is 50.1 Å². The van der Waals surface area contributed by atoms with E-state index in [1.54, 1.807) is 4.90 Å². The van der Waals surface area contributed by atoms with Crippen LogP contribution in [0.25, 0.3) is 0 Å². The van der Waals surface area contributed by atoms with E-state index in [1.807, 2.05) is 37.3 Å². The van der Waals surface area contributed by atoms with Crippen molar-refractivity contribution in [1.29, 1.82) is 0 Å². The molecule has 7 nitrogen and oxygen atoms in total. The molecule has 33 heavy (non-hydrogen) atoms. The molecule has 3 saturated heterocycles. The van der Waals surface area contributed by atoms with E-state index in [1.165, 1.54) is 0 Å². The maximum Gasteiger partial charge on any atom is 0.246 e. The molecule has 4 rings (SSSR count). The highest BCUT2D eigenvalue weighted by atomic mass is 16.2. The van der Waals surface area contributed by atoms with Gasteiger partial charge < -0.3 is 15.5 Å². The normalized spacial score (nSPS) is 26.9. The van der Waals surface area contributed by atoms with E-state index in [2.05, 4.69) is 15.5 Å². The van der Waals surface area contributed by atoms with Crippen molar-refractivity contribution < 1.29 is 14.4 Å². The van der Waals surface area contributed by atoms with Crippen LogP contribution in [0, 0.1) is 0 Å². The first-order chi connectivity index (χ1) is 16.1. The zero-order valence-electron chi connectivity index (χ0n) is 19.8. The van der Waals surface area contributed by atoms with Crippen LogP contribution >= 0.6 is 0 Å². The van der Waals surface area contributed by atoms with E-state index in [9.17, 15) is 14.4 Å². The predicted molar refractivity (Wildman–Crippen MR) is 127 cm³/mol. The topological polar surface area (TPSA) is 81.8 Å². The first-order valence-corrected chi connectivity index (χ1v) is 12.8. The summed E-state index contributed by atoms with van der Waals surface area (Å²) in [4.78, 5) is 43.9. The number of carbonyl (C=O) groups is 3. The standard InChI is InChI=1S/C26H38N4O3/c1-2-22(29-16-8-9-17-29)25(32)28-21-13-7-6-12-20-14-15-23(30(20)26(21)33)24(31)27-18-19-10-4-3-5-11-19/h3-5,10-11,20-23H,2,6-9,12-18H2,1H3,(H,27,31)(H,28,32)/t20-,21?,22-,23-/m0/s1. The molecule has 3 amide bonds. The van der Waals surface area contributed by atoms with Gasteiger partial charge in [-0.15, -0.1) is 0 Å². The summed E-state index contributed by atoms with van der Waals surface area (Å²) in [5.41, 5.74) is 1.04. The Hall–Kier alpha value is -2.41. The van der Waals surface area contributed by atoms with E-state index in [-0.39, 0.29) is 29.8 Å². The van der Waals surface area contributed by atoms with Crippen molar-refractivity contribution in [3.05, 3.63) is 35.9 Å². The molecule has 7 heteroatoms. The molecule has 1 aromatic carbocycles. The third-order valence-corrected chi connectivity index (χ3v) is 7.53. The molecule has 180 valence electrons. The van der Waals surface area contributed by atoms with E-state index < -0.39 is 12.1 Å². The quantitative estimate of drug-likeness (QED) is 0.664. The van der Waals surface area contributed by atoms with E-state index in [0.717, 1.165) is 63.6 Å². The van der Waals surface area contributed by atoms with Gasteiger partial charge in [0.1, 0.15) is 12.1 Å². The van der Waals surface area contributed by atoms with Gasteiger partial charge in [0, 0.05) is 12.6 Å². The smallest absolute Gasteiger partial charge is 0.246 e. The summed E-state index contributed by atoms with van der Waals surface area (Å²) < 4.78 is 0. The molecule has 1 unspecified atom stereocenters. The number of nitrogens with zero attached hydrogens (tertiary/aromatic N) is 2. The SMILES string of the molecule is CC[C@@H](C(=O)NC1CCCC[C@H]2CC[C@@H](C(=O)NCc3ccccc3)N2C1=O)N1CCCC1. The highest BCUT2D eigenvalue weighted by Gasteiger charge is 2.44. The van der Waals surface area contributed by atoms with Gasteiger partial charge in [-0.05, 0) is 63.6 Å². The van der Waals surface area contributed by atoms with Crippen molar-refractivity contribution >= 4 is 17.7 Å². The molecule has 0 aliphatic carbocycles. The highest BCUT2D eigenvalue weighted by molar-refractivity contribution is 5.93. The van der Waals surface area contributed by atoms with Gasteiger partial charge in [-0.3, -0.25) is 19.3 Å². The summed E-state index contributed by atoms with van der Waals surface area (Å²) >= 11 is 0. The molecule has 0 spiro atoms. The molecule has 0 radical (unpaired) electrons. The summed E-state index contributed by atoms with van der Waals surface area (Å²) in [6, 6.07) is 8.73. The second kappa shape index (κ2) is 11.1. The molecule has 1 aromatic rings. The van der Waals surface area contributed by atoms with Crippen molar-refractivity contribution in [1.82, 2.24) is 20.4 Å². The fourth-order valence-corrected chi connectivity index (χ4v) is 5.76. The number of amides is 3. The zero-order chi connectivity index (χ0) is 23.2. The van der Waals surface area contributed by atoms with E-state index >= 15 is 0 Å². The lowest BCUT2D eigenvalue weighted by Gasteiger charge is -2.36. The van der Waals surface area contributed by atoms with Gasteiger partial charge in [0.25, 0.3) is 0 Å². The zero-order valence-corrected chi connectivity index (χ0v) is 19.8. The maximum absolute atomic E-state index is 13.7. The van der Waals surface area contributed by atoms with Crippen molar-refractivity contribution in [2.24, 2.45) is 0 Å². The first kappa shape index (κ1) is 23.7. The summed E-state index contributed by atoms with van der Waals surface area (Å²) in [6.07, 6.45) is 8.04. The minimum atomic E-state index is -0.542. The van der Waals surface area contributed by atoms with Crippen LogP contribution < -0.4 is 10.6 Å². The van der Waals surface area contributed by atoms with Crippen LogP contribution in [-0.4, -0.2) is 64.8 Å². The lowest BCUT2D eigenvalue weighted by Crippen LogP contribution is -2.58. The molecule has 0 saturated carbocycles.